The van der Waals surface area contributed by atoms with Gasteiger partial charge in [0, 0.05) is 32.2 Å². The Kier molecular flexibility index (Phi) is 10.2. The number of alkyl halides is 2. The highest BCUT2D eigenvalue weighted by Gasteiger charge is 2.10. The molecule has 1 aromatic heterocycles. The molecule has 0 aliphatic heterocycles. The van der Waals surface area contributed by atoms with E-state index in [9.17, 15) is 13.6 Å². The average Bonchev–Trinajstić information content (AvgIpc) is 3.16. The van der Waals surface area contributed by atoms with Crippen LogP contribution in [0.4, 0.5) is 8.78 Å². The minimum absolute atomic E-state index is 0. The van der Waals surface area contributed by atoms with Crippen molar-refractivity contribution in [1.29, 1.82) is 0 Å². The molecule has 27 heavy (non-hydrogen) atoms. The molecule has 0 aliphatic carbocycles. The Labute approximate surface area is 172 Å². The second-order valence-corrected chi connectivity index (χ2v) is 5.07. The van der Waals surface area contributed by atoms with Gasteiger partial charge in [-0.1, -0.05) is 18.2 Å². The fourth-order valence-corrected chi connectivity index (χ4v) is 2.11. The molecular weight excluding hydrogens is 473 g/mol. The molecule has 0 spiro atoms. The molecule has 1 amide bonds. The summed E-state index contributed by atoms with van der Waals surface area (Å²) in [6.07, 6.45) is 1.43. The van der Waals surface area contributed by atoms with Crippen LogP contribution in [-0.2, 0) is 6.54 Å². The van der Waals surface area contributed by atoms with E-state index >= 15 is 0 Å². The predicted molar refractivity (Wildman–Crippen MR) is 108 cm³/mol. The highest BCUT2D eigenvalue weighted by atomic mass is 127. The summed E-state index contributed by atoms with van der Waals surface area (Å²) in [5, 5.41) is 8.69. The van der Waals surface area contributed by atoms with Gasteiger partial charge in [0.1, 0.15) is 5.75 Å². The molecule has 1 aromatic carbocycles. The lowest BCUT2D eigenvalue weighted by atomic mass is 10.2. The Balaban J connectivity index is 0.00000364. The fraction of sp³-hybridized carbons (Fsp3) is 0.294. The Bertz CT molecular complexity index is 727. The maximum atomic E-state index is 12.4. The van der Waals surface area contributed by atoms with E-state index < -0.39 is 6.61 Å². The first kappa shape index (κ1) is 22.7. The minimum atomic E-state index is -2.88. The maximum absolute atomic E-state index is 12.4. The summed E-state index contributed by atoms with van der Waals surface area (Å²) in [5.74, 6) is 0.501. The van der Waals surface area contributed by atoms with Gasteiger partial charge in [0.25, 0.3) is 5.91 Å². The van der Waals surface area contributed by atoms with Crippen LogP contribution in [0.1, 0.15) is 16.1 Å². The third-order valence-corrected chi connectivity index (χ3v) is 3.31. The van der Waals surface area contributed by atoms with E-state index in [1.807, 2.05) is 0 Å². The molecule has 0 unspecified atom stereocenters. The summed E-state index contributed by atoms with van der Waals surface area (Å²) in [6.45, 7) is -1.86. The van der Waals surface area contributed by atoms with E-state index in [2.05, 4.69) is 25.7 Å². The number of amides is 1. The number of nitrogens with zero attached hydrogens (tertiary/aromatic N) is 1. The van der Waals surface area contributed by atoms with Crippen molar-refractivity contribution < 1.29 is 22.7 Å². The number of aliphatic imine (C=N–C) groups is 1. The predicted octanol–water partition coefficient (Wildman–Crippen LogP) is 2.59. The minimum Gasteiger partial charge on any atom is -0.459 e. The van der Waals surface area contributed by atoms with Crippen LogP contribution in [0, 0.1) is 0 Å². The van der Waals surface area contributed by atoms with Gasteiger partial charge in [0.05, 0.1) is 6.26 Å². The topological polar surface area (TPSA) is 87.9 Å². The second kappa shape index (κ2) is 12.1. The zero-order chi connectivity index (χ0) is 18.8. The SMILES string of the molecule is CN=C(NCCNC(=O)c1ccco1)NCc1ccccc1OC(F)F.I. The van der Waals surface area contributed by atoms with Gasteiger partial charge in [-0.2, -0.15) is 8.78 Å². The smallest absolute Gasteiger partial charge is 0.387 e. The number of hydrogen-bond donors (Lipinski definition) is 3. The van der Waals surface area contributed by atoms with Crippen molar-refractivity contribution >= 4 is 35.8 Å². The molecule has 7 nitrogen and oxygen atoms in total. The van der Waals surface area contributed by atoms with E-state index in [1.165, 1.54) is 12.3 Å². The van der Waals surface area contributed by atoms with E-state index in [4.69, 9.17) is 4.42 Å². The molecule has 2 rings (SSSR count). The normalized spacial score (nSPS) is 10.9. The van der Waals surface area contributed by atoms with Crippen LogP contribution in [0.3, 0.4) is 0 Å². The van der Waals surface area contributed by atoms with Crippen LogP contribution in [-0.4, -0.2) is 38.6 Å². The number of nitrogens with one attached hydrogen (secondary N) is 3. The molecule has 0 saturated carbocycles. The van der Waals surface area contributed by atoms with Gasteiger partial charge < -0.3 is 25.1 Å². The molecule has 0 fully saturated rings. The van der Waals surface area contributed by atoms with Crippen molar-refractivity contribution in [3.8, 4) is 5.75 Å². The summed E-state index contributed by atoms with van der Waals surface area (Å²) in [5.41, 5.74) is 0.571. The molecule has 3 N–H and O–H groups in total. The Morgan fingerprint density at radius 1 is 1.15 bits per heavy atom. The molecule has 0 aliphatic rings. The summed E-state index contributed by atoms with van der Waals surface area (Å²) >= 11 is 0. The lowest BCUT2D eigenvalue weighted by molar-refractivity contribution is -0.0504. The lowest BCUT2D eigenvalue weighted by Crippen LogP contribution is -2.41. The molecule has 0 atom stereocenters. The van der Waals surface area contributed by atoms with Gasteiger partial charge in [-0.25, -0.2) is 0 Å². The number of carbonyl (C=O) groups is 1. The van der Waals surface area contributed by atoms with Gasteiger partial charge in [-0.3, -0.25) is 9.79 Å². The fourth-order valence-electron chi connectivity index (χ4n) is 2.11. The van der Waals surface area contributed by atoms with Crippen molar-refractivity contribution in [2.45, 2.75) is 13.2 Å². The van der Waals surface area contributed by atoms with Crippen molar-refractivity contribution in [3.63, 3.8) is 0 Å². The van der Waals surface area contributed by atoms with Gasteiger partial charge in [0.15, 0.2) is 11.7 Å². The summed E-state index contributed by atoms with van der Waals surface area (Å²) in [4.78, 5) is 15.7. The number of rotatable bonds is 8. The molecule has 0 bridgehead atoms. The van der Waals surface area contributed by atoms with Gasteiger partial charge in [-0.15, -0.1) is 24.0 Å². The number of benzene rings is 1. The molecule has 2 aromatic rings. The number of carbonyl (C=O) groups excluding carboxylic acids is 1. The zero-order valence-electron chi connectivity index (χ0n) is 14.6. The number of furan rings is 1. The third-order valence-electron chi connectivity index (χ3n) is 3.31. The van der Waals surface area contributed by atoms with E-state index in [-0.39, 0.29) is 47.9 Å². The molecule has 1 heterocycles. The molecule has 0 saturated heterocycles. The van der Waals surface area contributed by atoms with Crippen LogP contribution >= 0.6 is 24.0 Å². The van der Waals surface area contributed by atoms with Gasteiger partial charge in [0.2, 0.25) is 0 Å². The molecule has 148 valence electrons. The van der Waals surface area contributed by atoms with Gasteiger partial charge in [-0.05, 0) is 18.2 Å². The maximum Gasteiger partial charge on any atom is 0.387 e. The van der Waals surface area contributed by atoms with Crippen molar-refractivity contribution in [1.82, 2.24) is 16.0 Å². The largest absolute Gasteiger partial charge is 0.459 e. The first-order valence-electron chi connectivity index (χ1n) is 7.89. The van der Waals surface area contributed by atoms with E-state index in [0.29, 0.717) is 24.6 Å². The van der Waals surface area contributed by atoms with Crippen LogP contribution in [0.5, 0.6) is 5.75 Å². The van der Waals surface area contributed by atoms with Crippen molar-refractivity contribution in [2.75, 3.05) is 20.1 Å². The number of guanidine groups is 1. The van der Waals surface area contributed by atoms with Crippen molar-refractivity contribution in [3.05, 3.63) is 54.0 Å². The van der Waals surface area contributed by atoms with E-state index in [0.717, 1.165) is 0 Å². The van der Waals surface area contributed by atoms with Crippen LogP contribution in [0.2, 0.25) is 0 Å². The Morgan fingerprint density at radius 2 is 1.89 bits per heavy atom. The van der Waals surface area contributed by atoms with Gasteiger partial charge >= 0.3 is 6.61 Å². The highest BCUT2D eigenvalue weighted by molar-refractivity contribution is 14.0. The standard InChI is InChI=1S/C17H20F2N4O3.HI/c1-20-17(22-9-8-21-15(24)14-7-4-10-25-14)23-11-12-5-2-3-6-13(12)26-16(18)19;/h2-7,10,16H,8-9,11H2,1H3,(H,21,24)(H2,20,22,23);1H. The number of ether oxygens (including phenoxy) is 1. The van der Waals surface area contributed by atoms with Crippen LogP contribution in [0.15, 0.2) is 52.1 Å². The zero-order valence-corrected chi connectivity index (χ0v) is 16.9. The van der Waals surface area contributed by atoms with Crippen molar-refractivity contribution in [2.24, 2.45) is 4.99 Å². The molecule has 10 heteroatoms. The quantitative estimate of drug-likeness (QED) is 0.227. The van der Waals surface area contributed by atoms with E-state index in [1.54, 1.807) is 37.4 Å². The van der Waals surface area contributed by atoms with Crippen LogP contribution in [0.25, 0.3) is 0 Å². The summed E-state index contributed by atoms with van der Waals surface area (Å²) < 4.78 is 34.3. The summed E-state index contributed by atoms with van der Waals surface area (Å²) in [6, 6.07) is 9.72. The molecule has 0 radical (unpaired) electrons. The Morgan fingerprint density at radius 3 is 2.56 bits per heavy atom. The second-order valence-electron chi connectivity index (χ2n) is 5.07. The highest BCUT2D eigenvalue weighted by Crippen LogP contribution is 2.19. The lowest BCUT2D eigenvalue weighted by Gasteiger charge is -2.14. The first-order valence-corrected chi connectivity index (χ1v) is 7.89. The first-order chi connectivity index (χ1) is 12.6. The number of para-hydroxylation sites is 1. The Hall–Kier alpha value is -2.37. The third kappa shape index (κ3) is 7.81. The summed E-state index contributed by atoms with van der Waals surface area (Å²) in [7, 11) is 1.58. The molecular formula is C17H21F2IN4O3. The van der Waals surface area contributed by atoms with Crippen LogP contribution < -0.4 is 20.7 Å². The number of halogens is 3. The monoisotopic (exact) mass is 494 g/mol. The number of hydrogen-bond acceptors (Lipinski definition) is 4. The average molecular weight is 494 g/mol.